The van der Waals surface area contributed by atoms with E-state index in [1.807, 2.05) is 47.0 Å². The molecule has 1 amide bonds. The highest BCUT2D eigenvalue weighted by molar-refractivity contribution is 5.93. The van der Waals surface area contributed by atoms with Crippen LogP contribution in [0.3, 0.4) is 0 Å². The SMILES string of the molecule is CCc1ccccc1NC(=O)C1CCN(c2nnc3ccccn23)CC1. The first-order valence-corrected chi connectivity index (χ1v) is 9.19. The third-order valence-corrected chi connectivity index (χ3v) is 5.10. The van der Waals surface area contributed by atoms with Crippen LogP contribution in [0.15, 0.2) is 48.7 Å². The van der Waals surface area contributed by atoms with E-state index >= 15 is 0 Å². The summed E-state index contributed by atoms with van der Waals surface area (Å²) in [5.41, 5.74) is 2.96. The summed E-state index contributed by atoms with van der Waals surface area (Å²) in [6.45, 7) is 3.72. The largest absolute Gasteiger partial charge is 0.341 e. The molecule has 4 rings (SSSR count). The van der Waals surface area contributed by atoms with Crippen LogP contribution in [0.2, 0.25) is 0 Å². The Hall–Kier alpha value is -2.89. The lowest BCUT2D eigenvalue weighted by Crippen LogP contribution is -2.39. The normalized spacial score (nSPS) is 15.3. The van der Waals surface area contributed by atoms with Gasteiger partial charge in [-0.05, 0) is 43.0 Å². The van der Waals surface area contributed by atoms with Gasteiger partial charge in [-0.15, -0.1) is 10.2 Å². The molecule has 1 saturated heterocycles. The molecule has 0 spiro atoms. The van der Waals surface area contributed by atoms with Gasteiger partial charge in [-0.2, -0.15) is 0 Å². The van der Waals surface area contributed by atoms with Crippen LogP contribution in [0, 0.1) is 5.92 Å². The van der Waals surface area contributed by atoms with Crippen molar-refractivity contribution in [1.29, 1.82) is 0 Å². The fraction of sp³-hybridized carbons (Fsp3) is 0.350. The van der Waals surface area contributed by atoms with E-state index in [1.54, 1.807) is 0 Å². The molecule has 1 N–H and O–H groups in total. The van der Waals surface area contributed by atoms with Gasteiger partial charge in [-0.25, -0.2) is 0 Å². The highest BCUT2D eigenvalue weighted by atomic mass is 16.1. The fourth-order valence-electron chi connectivity index (χ4n) is 3.57. The van der Waals surface area contributed by atoms with E-state index in [9.17, 15) is 4.79 Å². The zero-order valence-corrected chi connectivity index (χ0v) is 14.9. The molecule has 6 nitrogen and oxygen atoms in total. The first kappa shape index (κ1) is 16.6. The van der Waals surface area contributed by atoms with Crippen molar-refractivity contribution in [3.05, 3.63) is 54.2 Å². The molecule has 1 fully saturated rings. The van der Waals surface area contributed by atoms with E-state index in [4.69, 9.17) is 0 Å². The molecule has 1 aliphatic rings. The van der Waals surface area contributed by atoms with Gasteiger partial charge in [0.05, 0.1) is 0 Å². The number of nitrogens with zero attached hydrogens (tertiary/aromatic N) is 4. The quantitative estimate of drug-likeness (QED) is 0.786. The van der Waals surface area contributed by atoms with Gasteiger partial charge in [0.2, 0.25) is 11.9 Å². The maximum absolute atomic E-state index is 12.7. The molecule has 3 heterocycles. The van der Waals surface area contributed by atoms with E-state index in [0.717, 1.165) is 49.6 Å². The minimum absolute atomic E-state index is 0.0374. The standard InChI is InChI=1S/C20H23N5O/c1-2-15-7-3-4-8-17(15)21-19(26)16-10-13-24(14-11-16)20-23-22-18-9-5-6-12-25(18)20/h3-9,12,16H,2,10-11,13-14H2,1H3,(H,21,26). The summed E-state index contributed by atoms with van der Waals surface area (Å²) < 4.78 is 2.00. The first-order valence-electron chi connectivity index (χ1n) is 9.19. The fourth-order valence-corrected chi connectivity index (χ4v) is 3.57. The zero-order chi connectivity index (χ0) is 17.9. The predicted molar refractivity (Wildman–Crippen MR) is 102 cm³/mol. The van der Waals surface area contributed by atoms with Gasteiger partial charge in [-0.1, -0.05) is 31.2 Å². The van der Waals surface area contributed by atoms with Crippen molar-refractivity contribution >= 4 is 23.2 Å². The number of aromatic nitrogens is 3. The van der Waals surface area contributed by atoms with E-state index in [-0.39, 0.29) is 11.8 Å². The highest BCUT2D eigenvalue weighted by Gasteiger charge is 2.27. The summed E-state index contributed by atoms with van der Waals surface area (Å²) >= 11 is 0. The topological polar surface area (TPSA) is 62.5 Å². The molecule has 0 atom stereocenters. The third kappa shape index (κ3) is 3.14. The van der Waals surface area contributed by atoms with Crippen LogP contribution in [-0.4, -0.2) is 33.6 Å². The van der Waals surface area contributed by atoms with Gasteiger partial charge >= 0.3 is 0 Å². The Kier molecular flexibility index (Phi) is 4.56. The number of para-hydroxylation sites is 1. The number of benzene rings is 1. The van der Waals surface area contributed by atoms with Crippen molar-refractivity contribution in [2.45, 2.75) is 26.2 Å². The van der Waals surface area contributed by atoms with Crippen LogP contribution in [0.4, 0.5) is 11.6 Å². The van der Waals surface area contributed by atoms with Crippen LogP contribution in [0.1, 0.15) is 25.3 Å². The number of carbonyl (C=O) groups is 1. The molecule has 1 aromatic carbocycles. The number of nitrogens with one attached hydrogen (secondary N) is 1. The first-order chi connectivity index (χ1) is 12.8. The van der Waals surface area contributed by atoms with Crippen molar-refractivity contribution in [1.82, 2.24) is 14.6 Å². The van der Waals surface area contributed by atoms with E-state index in [1.165, 1.54) is 5.56 Å². The van der Waals surface area contributed by atoms with Crippen molar-refractivity contribution in [2.24, 2.45) is 5.92 Å². The summed E-state index contributed by atoms with van der Waals surface area (Å²) in [4.78, 5) is 14.9. The third-order valence-electron chi connectivity index (χ3n) is 5.10. The number of aryl methyl sites for hydroxylation is 1. The molecule has 1 aliphatic heterocycles. The van der Waals surface area contributed by atoms with Crippen LogP contribution >= 0.6 is 0 Å². The molecule has 3 aromatic rings. The molecule has 0 radical (unpaired) electrons. The number of fused-ring (bicyclic) bond motifs is 1. The predicted octanol–water partition coefficient (Wildman–Crippen LogP) is 3.15. The summed E-state index contributed by atoms with van der Waals surface area (Å²) in [6, 6.07) is 13.9. The summed E-state index contributed by atoms with van der Waals surface area (Å²) in [5.74, 6) is 1.02. The van der Waals surface area contributed by atoms with Gasteiger partial charge < -0.3 is 10.2 Å². The number of hydrogen-bond acceptors (Lipinski definition) is 4. The van der Waals surface area contributed by atoms with Gasteiger partial charge in [0.1, 0.15) is 0 Å². The molecule has 0 aliphatic carbocycles. The minimum atomic E-state index is 0.0374. The Labute approximate surface area is 152 Å². The Morgan fingerprint density at radius 3 is 2.69 bits per heavy atom. The van der Waals surface area contributed by atoms with Crippen molar-refractivity contribution in [2.75, 3.05) is 23.3 Å². The van der Waals surface area contributed by atoms with Crippen molar-refractivity contribution in [3.8, 4) is 0 Å². The number of carbonyl (C=O) groups excluding carboxylic acids is 1. The molecule has 0 saturated carbocycles. The number of pyridine rings is 1. The number of rotatable bonds is 4. The van der Waals surface area contributed by atoms with E-state index < -0.39 is 0 Å². The van der Waals surface area contributed by atoms with Gasteiger partial charge in [0.25, 0.3) is 0 Å². The van der Waals surface area contributed by atoms with Gasteiger partial charge in [-0.3, -0.25) is 9.20 Å². The Morgan fingerprint density at radius 1 is 1.12 bits per heavy atom. The molecule has 134 valence electrons. The molecular weight excluding hydrogens is 326 g/mol. The number of anilines is 2. The van der Waals surface area contributed by atoms with E-state index in [2.05, 4.69) is 33.4 Å². The molecule has 0 bridgehead atoms. The average Bonchev–Trinajstić information content (AvgIpc) is 3.12. The molecule has 6 heteroatoms. The number of piperidine rings is 1. The minimum Gasteiger partial charge on any atom is -0.341 e. The second kappa shape index (κ2) is 7.15. The van der Waals surface area contributed by atoms with Crippen molar-refractivity contribution in [3.63, 3.8) is 0 Å². The lowest BCUT2D eigenvalue weighted by Gasteiger charge is -2.31. The van der Waals surface area contributed by atoms with Gasteiger partial charge in [0.15, 0.2) is 5.65 Å². The zero-order valence-electron chi connectivity index (χ0n) is 14.9. The number of hydrogen-bond donors (Lipinski definition) is 1. The van der Waals surface area contributed by atoms with Crippen LogP contribution < -0.4 is 10.2 Å². The van der Waals surface area contributed by atoms with Gasteiger partial charge in [0, 0.05) is 30.9 Å². The van der Waals surface area contributed by atoms with Crippen LogP contribution in [0.5, 0.6) is 0 Å². The maximum Gasteiger partial charge on any atom is 0.231 e. The lowest BCUT2D eigenvalue weighted by molar-refractivity contribution is -0.120. The second-order valence-electron chi connectivity index (χ2n) is 6.69. The lowest BCUT2D eigenvalue weighted by atomic mass is 9.95. The summed E-state index contributed by atoms with van der Waals surface area (Å²) in [7, 11) is 0. The summed E-state index contributed by atoms with van der Waals surface area (Å²) in [6.07, 6.45) is 4.53. The molecule has 0 unspecified atom stereocenters. The van der Waals surface area contributed by atoms with E-state index in [0.29, 0.717) is 0 Å². The van der Waals surface area contributed by atoms with Crippen LogP contribution in [-0.2, 0) is 11.2 Å². The number of amides is 1. The Balaban J connectivity index is 1.41. The Bertz CT molecular complexity index is 911. The Morgan fingerprint density at radius 2 is 1.88 bits per heavy atom. The molecular formula is C20H23N5O. The smallest absolute Gasteiger partial charge is 0.231 e. The molecule has 2 aromatic heterocycles. The van der Waals surface area contributed by atoms with Crippen molar-refractivity contribution < 1.29 is 4.79 Å². The monoisotopic (exact) mass is 349 g/mol. The average molecular weight is 349 g/mol. The highest BCUT2D eigenvalue weighted by Crippen LogP contribution is 2.24. The van der Waals surface area contributed by atoms with Crippen LogP contribution in [0.25, 0.3) is 5.65 Å². The summed E-state index contributed by atoms with van der Waals surface area (Å²) in [5, 5.41) is 11.7. The second-order valence-corrected chi connectivity index (χ2v) is 6.69. The maximum atomic E-state index is 12.7. The molecule has 26 heavy (non-hydrogen) atoms.